The SMILES string of the molecule is Cc1cc2[nH]nc(/C=C/c3cccc(CN4CC(C)OC(C)C4)c3)c2cc1NC(=O)Cc1cccs1. The molecule has 2 aromatic carbocycles. The highest BCUT2D eigenvalue weighted by Crippen LogP contribution is 2.26. The third kappa shape index (κ3) is 5.93. The van der Waals surface area contributed by atoms with E-state index in [9.17, 15) is 4.79 Å². The standard InChI is InChI=1S/C29H32N4O2S/c1-19-12-28-25(15-27(19)30-29(34)14-24-8-5-11-36-24)26(31-32-28)10-9-22-6-4-7-23(13-22)18-33-16-20(2)35-21(3)17-33/h4-13,15,20-21H,14,16-18H2,1-3H3,(H,30,34)(H,31,32)/b10-9+. The van der Waals surface area contributed by atoms with E-state index in [4.69, 9.17) is 4.74 Å². The first-order valence-electron chi connectivity index (χ1n) is 12.4. The number of anilines is 1. The van der Waals surface area contributed by atoms with Crippen LogP contribution in [0.5, 0.6) is 0 Å². The second-order valence-electron chi connectivity index (χ2n) is 9.66. The number of aryl methyl sites for hydroxylation is 1. The van der Waals surface area contributed by atoms with Gasteiger partial charge in [0.25, 0.3) is 0 Å². The highest BCUT2D eigenvalue weighted by Gasteiger charge is 2.22. The Morgan fingerprint density at radius 3 is 2.78 bits per heavy atom. The summed E-state index contributed by atoms with van der Waals surface area (Å²) in [5.74, 6) is -0.0126. The van der Waals surface area contributed by atoms with Gasteiger partial charge in [-0.15, -0.1) is 11.3 Å². The molecule has 0 spiro atoms. The van der Waals surface area contributed by atoms with Gasteiger partial charge < -0.3 is 10.1 Å². The third-order valence-electron chi connectivity index (χ3n) is 6.41. The number of benzene rings is 2. The minimum absolute atomic E-state index is 0.0126. The molecule has 186 valence electrons. The van der Waals surface area contributed by atoms with Crippen molar-refractivity contribution in [1.29, 1.82) is 0 Å². The maximum absolute atomic E-state index is 12.6. The number of carbonyl (C=O) groups excluding carboxylic acids is 1. The van der Waals surface area contributed by atoms with Gasteiger partial charge in [0.15, 0.2) is 0 Å². The lowest BCUT2D eigenvalue weighted by atomic mass is 10.1. The predicted molar refractivity (Wildman–Crippen MR) is 148 cm³/mol. The molecule has 1 aliphatic rings. The van der Waals surface area contributed by atoms with E-state index in [1.807, 2.05) is 42.6 Å². The van der Waals surface area contributed by atoms with Gasteiger partial charge in [0.05, 0.1) is 29.8 Å². The molecule has 3 heterocycles. The number of hydrogen-bond donors (Lipinski definition) is 2. The molecule has 2 unspecified atom stereocenters. The number of carbonyl (C=O) groups is 1. The average Bonchev–Trinajstić information content (AvgIpc) is 3.47. The highest BCUT2D eigenvalue weighted by molar-refractivity contribution is 7.10. The number of amides is 1. The average molecular weight is 501 g/mol. The predicted octanol–water partition coefficient (Wildman–Crippen LogP) is 5.89. The van der Waals surface area contributed by atoms with Gasteiger partial charge in [0.2, 0.25) is 5.91 Å². The van der Waals surface area contributed by atoms with Crippen molar-refractivity contribution in [2.24, 2.45) is 0 Å². The summed E-state index contributed by atoms with van der Waals surface area (Å²) in [6.45, 7) is 9.09. The van der Waals surface area contributed by atoms with E-state index >= 15 is 0 Å². The first-order chi connectivity index (χ1) is 17.4. The van der Waals surface area contributed by atoms with Crippen molar-refractivity contribution in [3.8, 4) is 0 Å². The monoisotopic (exact) mass is 500 g/mol. The van der Waals surface area contributed by atoms with E-state index in [1.54, 1.807) is 11.3 Å². The molecular formula is C29H32N4O2S. The minimum atomic E-state index is -0.0126. The summed E-state index contributed by atoms with van der Waals surface area (Å²) in [6.07, 6.45) is 5.03. The van der Waals surface area contributed by atoms with Crippen molar-refractivity contribution in [3.63, 3.8) is 0 Å². The number of thiophene rings is 1. The fraction of sp³-hybridized carbons (Fsp3) is 0.310. The number of nitrogens with zero attached hydrogens (tertiary/aromatic N) is 2. The molecule has 1 saturated heterocycles. The molecule has 0 bridgehead atoms. The number of aromatic nitrogens is 2. The zero-order valence-electron chi connectivity index (χ0n) is 21.0. The maximum Gasteiger partial charge on any atom is 0.229 e. The molecule has 1 aliphatic heterocycles. The summed E-state index contributed by atoms with van der Waals surface area (Å²) in [5, 5.41) is 13.7. The Morgan fingerprint density at radius 1 is 1.17 bits per heavy atom. The molecule has 6 nitrogen and oxygen atoms in total. The summed E-state index contributed by atoms with van der Waals surface area (Å²) in [6, 6.07) is 16.6. The molecule has 0 saturated carbocycles. The van der Waals surface area contributed by atoms with Gasteiger partial charge in [-0.2, -0.15) is 5.10 Å². The number of aromatic amines is 1. The quantitative estimate of drug-likeness (QED) is 0.332. The Morgan fingerprint density at radius 2 is 2.00 bits per heavy atom. The molecule has 0 aliphatic carbocycles. The van der Waals surface area contributed by atoms with Gasteiger partial charge in [0, 0.05) is 35.6 Å². The molecule has 2 N–H and O–H groups in total. The molecule has 2 atom stereocenters. The largest absolute Gasteiger partial charge is 0.373 e. The molecule has 36 heavy (non-hydrogen) atoms. The van der Waals surface area contributed by atoms with Crippen molar-refractivity contribution >= 4 is 46.0 Å². The lowest BCUT2D eigenvalue weighted by Gasteiger charge is -2.35. The number of hydrogen-bond acceptors (Lipinski definition) is 5. The van der Waals surface area contributed by atoms with Crippen LogP contribution < -0.4 is 5.32 Å². The molecule has 5 rings (SSSR count). The summed E-state index contributed by atoms with van der Waals surface area (Å²) in [7, 11) is 0. The van der Waals surface area contributed by atoms with Crippen molar-refractivity contribution < 1.29 is 9.53 Å². The molecule has 0 radical (unpaired) electrons. The van der Waals surface area contributed by atoms with E-state index in [1.165, 1.54) is 5.56 Å². The van der Waals surface area contributed by atoms with E-state index in [0.29, 0.717) is 6.42 Å². The van der Waals surface area contributed by atoms with Crippen LogP contribution in [-0.2, 0) is 22.5 Å². The molecule has 1 fully saturated rings. The van der Waals surface area contributed by atoms with Gasteiger partial charge in [-0.25, -0.2) is 0 Å². The second-order valence-corrected chi connectivity index (χ2v) is 10.7. The lowest BCUT2D eigenvalue weighted by molar-refractivity contribution is -0.115. The van der Waals surface area contributed by atoms with Gasteiger partial charge in [0.1, 0.15) is 0 Å². The summed E-state index contributed by atoms with van der Waals surface area (Å²) in [5.41, 5.74) is 6.04. The van der Waals surface area contributed by atoms with E-state index in [0.717, 1.165) is 57.9 Å². The van der Waals surface area contributed by atoms with Crippen LogP contribution in [0.1, 0.15) is 41.1 Å². The Bertz CT molecular complexity index is 1370. The van der Waals surface area contributed by atoms with Gasteiger partial charge >= 0.3 is 0 Å². The van der Waals surface area contributed by atoms with E-state index in [-0.39, 0.29) is 18.1 Å². The van der Waals surface area contributed by atoms with Crippen LogP contribution in [0.25, 0.3) is 23.1 Å². The van der Waals surface area contributed by atoms with E-state index < -0.39 is 0 Å². The second kappa shape index (κ2) is 10.8. The van der Waals surface area contributed by atoms with Crippen LogP contribution in [0.4, 0.5) is 5.69 Å². The first kappa shape index (κ1) is 24.4. The molecule has 1 amide bonds. The minimum Gasteiger partial charge on any atom is -0.373 e. The first-order valence-corrected chi connectivity index (χ1v) is 13.3. The van der Waals surface area contributed by atoms with Crippen molar-refractivity contribution in [3.05, 3.63) is 81.2 Å². The number of fused-ring (bicyclic) bond motifs is 1. The Kier molecular flexibility index (Phi) is 7.32. The topological polar surface area (TPSA) is 70.2 Å². The lowest BCUT2D eigenvalue weighted by Crippen LogP contribution is -2.44. The zero-order valence-corrected chi connectivity index (χ0v) is 21.8. The van der Waals surface area contributed by atoms with Crippen molar-refractivity contribution in [2.75, 3.05) is 18.4 Å². The number of H-pyrrole nitrogens is 1. The Hall–Kier alpha value is -3.26. The number of nitrogens with one attached hydrogen (secondary N) is 2. The normalized spacial score (nSPS) is 18.8. The fourth-order valence-corrected chi connectivity index (χ4v) is 5.57. The van der Waals surface area contributed by atoms with Crippen LogP contribution in [0.3, 0.4) is 0 Å². The molecule has 4 aromatic rings. The maximum atomic E-state index is 12.6. The zero-order chi connectivity index (χ0) is 25.1. The third-order valence-corrected chi connectivity index (χ3v) is 7.29. The Labute approximate surface area is 216 Å². The fourth-order valence-electron chi connectivity index (χ4n) is 4.86. The Balaban J connectivity index is 1.31. The molecular weight excluding hydrogens is 468 g/mol. The van der Waals surface area contributed by atoms with Crippen LogP contribution in [0.15, 0.2) is 53.9 Å². The molecule has 2 aromatic heterocycles. The summed E-state index contributed by atoms with van der Waals surface area (Å²) < 4.78 is 5.87. The van der Waals surface area contributed by atoms with Gasteiger partial charge in [-0.05, 0) is 67.1 Å². The van der Waals surface area contributed by atoms with Crippen molar-refractivity contribution in [2.45, 2.75) is 45.9 Å². The van der Waals surface area contributed by atoms with Crippen LogP contribution in [-0.4, -0.2) is 46.3 Å². The van der Waals surface area contributed by atoms with Crippen LogP contribution in [0.2, 0.25) is 0 Å². The summed E-state index contributed by atoms with van der Waals surface area (Å²) >= 11 is 1.59. The number of ether oxygens (including phenoxy) is 1. The number of rotatable bonds is 7. The van der Waals surface area contributed by atoms with Crippen molar-refractivity contribution in [1.82, 2.24) is 15.1 Å². The van der Waals surface area contributed by atoms with Gasteiger partial charge in [-0.3, -0.25) is 14.8 Å². The molecule has 7 heteroatoms. The smallest absolute Gasteiger partial charge is 0.229 e. The summed E-state index contributed by atoms with van der Waals surface area (Å²) in [4.78, 5) is 16.1. The van der Waals surface area contributed by atoms with E-state index in [2.05, 4.69) is 64.6 Å². The van der Waals surface area contributed by atoms with Gasteiger partial charge in [-0.1, -0.05) is 36.4 Å². The van der Waals surface area contributed by atoms with Crippen LogP contribution in [0, 0.1) is 6.92 Å². The highest BCUT2D eigenvalue weighted by atomic mass is 32.1. The number of morpholine rings is 1. The van der Waals surface area contributed by atoms with Crippen LogP contribution >= 0.6 is 11.3 Å².